The summed E-state index contributed by atoms with van der Waals surface area (Å²) in [6.45, 7) is 4.26. The molecule has 1 atom stereocenters. The fourth-order valence-electron chi connectivity index (χ4n) is 2.10. The van der Waals surface area contributed by atoms with Crippen molar-refractivity contribution in [2.45, 2.75) is 38.4 Å². The van der Waals surface area contributed by atoms with Crippen molar-refractivity contribution in [2.75, 3.05) is 6.61 Å². The van der Waals surface area contributed by atoms with Gasteiger partial charge in [0.2, 0.25) is 5.91 Å². The van der Waals surface area contributed by atoms with Crippen LogP contribution in [0, 0.1) is 0 Å². The maximum Gasteiger partial charge on any atom is 0.237 e. The third-order valence-corrected chi connectivity index (χ3v) is 3.25. The SMILES string of the molecule is CC(C)(CO)NC(=O)[C@@H]1Cc2ccccc2CN1. The fraction of sp³-hybridized carbons (Fsp3) is 0.500. The zero-order chi connectivity index (χ0) is 13.2. The topological polar surface area (TPSA) is 61.4 Å². The van der Waals surface area contributed by atoms with E-state index in [4.69, 9.17) is 5.11 Å². The Morgan fingerprint density at radius 1 is 1.44 bits per heavy atom. The van der Waals surface area contributed by atoms with Gasteiger partial charge in [0, 0.05) is 6.54 Å². The molecule has 0 aliphatic carbocycles. The second-order valence-electron chi connectivity index (χ2n) is 5.44. The van der Waals surface area contributed by atoms with Crippen molar-refractivity contribution in [2.24, 2.45) is 0 Å². The van der Waals surface area contributed by atoms with Crippen molar-refractivity contribution in [3.05, 3.63) is 35.4 Å². The molecule has 0 saturated heterocycles. The average molecular weight is 248 g/mol. The molecule has 3 N–H and O–H groups in total. The molecular formula is C14H20N2O2. The van der Waals surface area contributed by atoms with Crippen LogP contribution in [-0.4, -0.2) is 29.2 Å². The van der Waals surface area contributed by atoms with Gasteiger partial charge in [0.15, 0.2) is 0 Å². The molecule has 4 heteroatoms. The molecular weight excluding hydrogens is 228 g/mol. The first kappa shape index (κ1) is 13.1. The Morgan fingerprint density at radius 2 is 2.11 bits per heavy atom. The minimum absolute atomic E-state index is 0.0523. The molecule has 2 rings (SSSR count). The lowest BCUT2D eigenvalue weighted by molar-refractivity contribution is -0.125. The Labute approximate surface area is 107 Å². The van der Waals surface area contributed by atoms with E-state index in [0.717, 1.165) is 0 Å². The van der Waals surface area contributed by atoms with E-state index < -0.39 is 5.54 Å². The van der Waals surface area contributed by atoms with Crippen molar-refractivity contribution < 1.29 is 9.90 Å². The number of hydrogen-bond acceptors (Lipinski definition) is 3. The third-order valence-electron chi connectivity index (χ3n) is 3.25. The van der Waals surface area contributed by atoms with E-state index in [1.54, 1.807) is 0 Å². The normalized spacial score (nSPS) is 19.2. The van der Waals surface area contributed by atoms with Gasteiger partial charge in [-0.1, -0.05) is 24.3 Å². The number of hydrogen-bond donors (Lipinski definition) is 3. The van der Waals surface area contributed by atoms with Crippen molar-refractivity contribution in [3.8, 4) is 0 Å². The number of benzene rings is 1. The van der Waals surface area contributed by atoms with Crippen LogP contribution in [0.1, 0.15) is 25.0 Å². The molecule has 0 radical (unpaired) electrons. The van der Waals surface area contributed by atoms with Gasteiger partial charge in [0.25, 0.3) is 0 Å². The van der Waals surface area contributed by atoms with Crippen molar-refractivity contribution in [1.29, 1.82) is 0 Å². The summed E-state index contributed by atoms with van der Waals surface area (Å²) in [5.74, 6) is -0.0523. The number of nitrogens with one attached hydrogen (secondary N) is 2. The maximum absolute atomic E-state index is 12.1. The predicted octanol–water partition coefficient (Wildman–Crippen LogP) is 0.588. The quantitative estimate of drug-likeness (QED) is 0.733. The molecule has 0 fully saturated rings. The van der Waals surface area contributed by atoms with Crippen LogP contribution in [0.15, 0.2) is 24.3 Å². The Morgan fingerprint density at radius 3 is 2.78 bits per heavy atom. The molecule has 4 nitrogen and oxygen atoms in total. The second kappa shape index (κ2) is 5.08. The first-order valence-corrected chi connectivity index (χ1v) is 6.25. The molecule has 1 heterocycles. The minimum atomic E-state index is -0.574. The summed E-state index contributed by atoms with van der Waals surface area (Å²) in [7, 11) is 0. The molecule has 1 aromatic carbocycles. The van der Waals surface area contributed by atoms with Crippen molar-refractivity contribution in [3.63, 3.8) is 0 Å². The Bertz CT molecular complexity index is 443. The van der Waals surface area contributed by atoms with Crippen molar-refractivity contribution >= 4 is 5.91 Å². The molecule has 1 aromatic rings. The van der Waals surface area contributed by atoms with Gasteiger partial charge in [0.1, 0.15) is 0 Å². The number of fused-ring (bicyclic) bond motifs is 1. The largest absolute Gasteiger partial charge is 0.394 e. The summed E-state index contributed by atoms with van der Waals surface area (Å²) in [5, 5.41) is 15.2. The summed E-state index contributed by atoms with van der Waals surface area (Å²) in [6, 6.07) is 7.93. The van der Waals surface area contributed by atoms with E-state index in [2.05, 4.69) is 22.8 Å². The summed E-state index contributed by atoms with van der Waals surface area (Å²) in [5.41, 5.74) is 1.90. The first-order chi connectivity index (χ1) is 8.52. The Hall–Kier alpha value is -1.39. The standard InChI is InChI=1S/C14H20N2O2/c1-14(2,9-17)16-13(18)12-7-10-5-3-4-6-11(10)8-15-12/h3-6,12,15,17H,7-9H2,1-2H3,(H,16,18)/t12-/m0/s1. The van der Waals surface area contributed by atoms with E-state index in [-0.39, 0.29) is 18.6 Å². The predicted molar refractivity (Wildman–Crippen MR) is 70.1 cm³/mol. The van der Waals surface area contributed by atoms with Gasteiger partial charge in [-0.25, -0.2) is 0 Å². The Balaban J connectivity index is 2.03. The fourth-order valence-corrected chi connectivity index (χ4v) is 2.10. The van der Waals surface area contributed by atoms with Crippen LogP contribution in [0.2, 0.25) is 0 Å². The molecule has 0 aromatic heterocycles. The van der Waals surface area contributed by atoms with Gasteiger partial charge in [0.05, 0.1) is 18.2 Å². The highest BCUT2D eigenvalue weighted by Gasteiger charge is 2.27. The first-order valence-electron chi connectivity index (χ1n) is 6.25. The van der Waals surface area contributed by atoms with Crippen LogP contribution in [-0.2, 0) is 17.8 Å². The zero-order valence-corrected chi connectivity index (χ0v) is 10.9. The number of rotatable bonds is 3. The third kappa shape index (κ3) is 2.89. The summed E-state index contributed by atoms with van der Waals surface area (Å²) < 4.78 is 0. The highest BCUT2D eigenvalue weighted by Crippen LogP contribution is 2.16. The van der Waals surface area contributed by atoms with Crippen LogP contribution in [0.4, 0.5) is 0 Å². The molecule has 0 saturated carbocycles. The van der Waals surface area contributed by atoms with E-state index in [1.807, 2.05) is 26.0 Å². The number of carbonyl (C=O) groups is 1. The van der Waals surface area contributed by atoms with Gasteiger partial charge >= 0.3 is 0 Å². The number of aliphatic hydroxyl groups is 1. The number of amides is 1. The monoisotopic (exact) mass is 248 g/mol. The van der Waals surface area contributed by atoms with Gasteiger partial charge in [-0.3, -0.25) is 4.79 Å². The molecule has 1 amide bonds. The summed E-state index contributed by atoms with van der Waals surface area (Å²) in [6.07, 6.45) is 0.698. The average Bonchev–Trinajstić information content (AvgIpc) is 2.37. The Kier molecular flexibility index (Phi) is 3.68. The molecule has 0 spiro atoms. The molecule has 18 heavy (non-hydrogen) atoms. The van der Waals surface area contributed by atoms with E-state index >= 15 is 0 Å². The highest BCUT2D eigenvalue weighted by atomic mass is 16.3. The van der Waals surface area contributed by atoms with Crippen LogP contribution < -0.4 is 10.6 Å². The molecule has 0 bridgehead atoms. The van der Waals surface area contributed by atoms with Crippen LogP contribution >= 0.6 is 0 Å². The maximum atomic E-state index is 12.1. The van der Waals surface area contributed by atoms with Gasteiger partial charge in [-0.05, 0) is 31.4 Å². The lowest BCUT2D eigenvalue weighted by Gasteiger charge is -2.30. The highest BCUT2D eigenvalue weighted by molar-refractivity contribution is 5.83. The lowest BCUT2D eigenvalue weighted by Crippen LogP contribution is -2.55. The van der Waals surface area contributed by atoms with E-state index in [1.165, 1.54) is 11.1 Å². The molecule has 1 aliphatic rings. The van der Waals surface area contributed by atoms with E-state index in [9.17, 15) is 4.79 Å². The van der Waals surface area contributed by atoms with E-state index in [0.29, 0.717) is 13.0 Å². The smallest absolute Gasteiger partial charge is 0.237 e. The summed E-state index contributed by atoms with van der Waals surface area (Å²) >= 11 is 0. The van der Waals surface area contributed by atoms with Gasteiger partial charge < -0.3 is 15.7 Å². The lowest BCUT2D eigenvalue weighted by atomic mass is 9.95. The minimum Gasteiger partial charge on any atom is -0.394 e. The zero-order valence-electron chi connectivity index (χ0n) is 10.9. The second-order valence-corrected chi connectivity index (χ2v) is 5.44. The number of carbonyl (C=O) groups excluding carboxylic acids is 1. The summed E-state index contributed by atoms with van der Waals surface area (Å²) in [4.78, 5) is 12.1. The van der Waals surface area contributed by atoms with Crippen LogP contribution in [0.3, 0.4) is 0 Å². The van der Waals surface area contributed by atoms with Crippen LogP contribution in [0.5, 0.6) is 0 Å². The van der Waals surface area contributed by atoms with Gasteiger partial charge in [-0.15, -0.1) is 0 Å². The molecule has 0 unspecified atom stereocenters. The van der Waals surface area contributed by atoms with Gasteiger partial charge in [-0.2, -0.15) is 0 Å². The van der Waals surface area contributed by atoms with Crippen LogP contribution in [0.25, 0.3) is 0 Å². The van der Waals surface area contributed by atoms with Crippen molar-refractivity contribution in [1.82, 2.24) is 10.6 Å². The molecule has 1 aliphatic heterocycles. The molecule has 98 valence electrons. The number of aliphatic hydroxyl groups excluding tert-OH is 1.